The highest BCUT2D eigenvalue weighted by atomic mass is 14.7. The second-order valence-electron chi connectivity index (χ2n) is 5.45. The molecule has 3 heteroatoms. The first kappa shape index (κ1) is 16.0. The van der Waals surface area contributed by atoms with Crippen LogP contribution in [0.3, 0.4) is 0 Å². The Bertz CT molecular complexity index is 699. The summed E-state index contributed by atoms with van der Waals surface area (Å²) < 4.78 is 0. The van der Waals surface area contributed by atoms with Gasteiger partial charge in [0.15, 0.2) is 0 Å². The molecule has 0 heterocycles. The van der Waals surface area contributed by atoms with E-state index in [1.54, 1.807) is 0 Å². The van der Waals surface area contributed by atoms with Crippen molar-refractivity contribution in [3.8, 4) is 6.19 Å². The van der Waals surface area contributed by atoms with Crippen molar-refractivity contribution in [2.24, 2.45) is 4.99 Å². The zero-order valence-electron chi connectivity index (χ0n) is 13.1. The van der Waals surface area contributed by atoms with Crippen molar-refractivity contribution in [3.63, 3.8) is 0 Å². The van der Waals surface area contributed by atoms with Crippen molar-refractivity contribution in [1.82, 2.24) is 0 Å². The van der Waals surface area contributed by atoms with Gasteiger partial charge >= 0.3 is 0 Å². The van der Waals surface area contributed by atoms with E-state index >= 15 is 0 Å². The molecular formula is C19H19BN2. The van der Waals surface area contributed by atoms with Crippen LogP contribution in [0.5, 0.6) is 0 Å². The Morgan fingerprint density at radius 1 is 1.23 bits per heavy atom. The number of rotatable bonds is 5. The summed E-state index contributed by atoms with van der Waals surface area (Å²) in [6.07, 6.45) is 3.67. The molecule has 0 amide bonds. The quantitative estimate of drug-likeness (QED) is 0.469. The van der Waals surface area contributed by atoms with E-state index < -0.39 is 0 Å². The molecule has 0 aromatic heterocycles. The standard InChI is InChI=1S/C19H19BN2/c1-3-15(16-7-5-4-6-8-16)11-19(22-13-21)18-12-17(20)10-9-14(18)2/h4-10,12,15H,3,11H2,1-2H3. The third-order valence-electron chi connectivity index (χ3n) is 3.96. The molecule has 0 spiro atoms. The highest BCUT2D eigenvalue weighted by Crippen LogP contribution is 2.26. The van der Waals surface area contributed by atoms with E-state index in [4.69, 9.17) is 13.1 Å². The number of nitrogens with zero attached hydrogens (tertiary/aromatic N) is 2. The summed E-state index contributed by atoms with van der Waals surface area (Å²) in [5, 5.41) is 9.05. The molecule has 2 rings (SSSR count). The Morgan fingerprint density at radius 3 is 2.59 bits per heavy atom. The molecule has 0 saturated heterocycles. The lowest BCUT2D eigenvalue weighted by Crippen LogP contribution is -2.13. The van der Waals surface area contributed by atoms with E-state index in [1.807, 2.05) is 49.5 Å². The molecule has 0 fully saturated rings. The van der Waals surface area contributed by atoms with Crippen molar-refractivity contribution in [3.05, 3.63) is 65.2 Å². The Balaban J connectivity index is 2.35. The van der Waals surface area contributed by atoms with Gasteiger partial charge in [0.2, 0.25) is 6.19 Å². The van der Waals surface area contributed by atoms with Gasteiger partial charge in [-0.15, -0.1) is 0 Å². The molecule has 2 aromatic rings. The predicted molar refractivity (Wildman–Crippen MR) is 92.8 cm³/mol. The Labute approximate surface area is 133 Å². The minimum absolute atomic E-state index is 0.342. The SMILES string of the molecule is [B]c1ccc(C)c(C(CC(CC)c2ccccc2)=NC#N)c1. The van der Waals surface area contributed by atoms with Crippen LogP contribution in [0.2, 0.25) is 0 Å². The largest absolute Gasteiger partial charge is 0.205 e. The predicted octanol–water partition coefficient (Wildman–Crippen LogP) is 3.64. The van der Waals surface area contributed by atoms with Crippen LogP contribution >= 0.6 is 0 Å². The van der Waals surface area contributed by atoms with Crippen molar-refractivity contribution < 1.29 is 0 Å². The molecule has 22 heavy (non-hydrogen) atoms. The van der Waals surface area contributed by atoms with Gasteiger partial charge in [0, 0.05) is 0 Å². The molecule has 2 aromatic carbocycles. The third-order valence-corrected chi connectivity index (χ3v) is 3.96. The van der Waals surface area contributed by atoms with Crippen molar-refractivity contribution in [2.45, 2.75) is 32.6 Å². The molecule has 1 unspecified atom stereocenters. The molecule has 2 radical (unpaired) electrons. The van der Waals surface area contributed by atoms with E-state index in [2.05, 4.69) is 24.0 Å². The summed E-state index contributed by atoms with van der Waals surface area (Å²) >= 11 is 0. The zero-order valence-corrected chi connectivity index (χ0v) is 13.1. The smallest absolute Gasteiger partial charge is 0.178 e. The van der Waals surface area contributed by atoms with E-state index in [0.717, 1.165) is 29.7 Å². The minimum atomic E-state index is 0.342. The van der Waals surface area contributed by atoms with Gasteiger partial charge in [-0.25, -0.2) is 0 Å². The summed E-state index contributed by atoms with van der Waals surface area (Å²) in [7, 11) is 5.90. The number of aliphatic imine (C=N–C) groups is 1. The molecule has 0 N–H and O–H groups in total. The molecule has 0 aliphatic heterocycles. The van der Waals surface area contributed by atoms with Gasteiger partial charge in [-0.1, -0.05) is 60.9 Å². The first-order valence-corrected chi connectivity index (χ1v) is 7.52. The van der Waals surface area contributed by atoms with Gasteiger partial charge < -0.3 is 0 Å². The summed E-state index contributed by atoms with van der Waals surface area (Å²) in [4.78, 5) is 4.08. The molecule has 0 aliphatic carbocycles. The topological polar surface area (TPSA) is 36.1 Å². The first-order chi connectivity index (χ1) is 10.7. The van der Waals surface area contributed by atoms with Crippen LogP contribution in [-0.2, 0) is 0 Å². The lowest BCUT2D eigenvalue weighted by molar-refractivity contribution is 0.691. The van der Waals surface area contributed by atoms with Gasteiger partial charge in [-0.2, -0.15) is 10.3 Å². The maximum atomic E-state index is 9.05. The van der Waals surface area contributed by atoms with Crippen LogP contribution in [0, 0.1) is 18.4 Å². The maximum Gasteiger partial charge on any atom is 0.205 e. The van der Waals surface area contributed by atoms with Gasteiger partial charge in [0.25, 0.3) is 0 Å². The summed E-state index contributed by atoms with van der Waals surface area (Å²) in [6.45, 7) is 4.18. The number of benzene rings is 2. The minimum Gasteiger partial charge on any atom is -0.178 e. The average Bonchev–Trinajstić information content (AvgIpc) is 2.54. The van der Waals surface area contributed by atoms with Crippen molar-refractivity contribution >= 4 is 19.0 Å². The Morgan fingerprint density at radius 2 is 1.95 bits per heavy atom. The van der Waals surface area contributed by atoms with E-state index in [1.165, 1.54) is 5.56 Å². The summed E-state index contributed by atoms with van der Waals surface area (Å²) in [5.41, 5.74) is 4.83. The monoisotopic (exact) mass is 286 g/mol. The lowest BCUT2D eigenvalue weighted by Gasteiger charge is -2.18. The van der Waals surface area contributed by atoms with Crippen LogP contribution in [-0.4, -0.2) is 13.6 Å². The van der Waals surface area contributed by atoms with E-state index in [9.17, 15) is 0 Å². The summed E-state index contributed by atoms with van der Waals surface area (Å²) in [5.74, 6) is 0.342. The van der Waals surface area contributed by atoms with Gasteiger partial charge in [-0.3, -0.25) is 0 Å². The number of nitriles is 1. The fraction of sp³-hybridized carbons (Fsp3) is 0.263. The van der Waals surface area contributed by atoms with Crippen LogP contribution in [0.15, 0.2) is 53.5 Å². The second kappa shape index (κ2) is 7.61. The molecule has 0 aliphatic rings. The third kappa shape index (κ3) is 3.86. The highest BCUT2D eigenvalue weighted by molar-refractivity contribution is 6.32. The molecular weight excluding hydrogens is 267 g/mol. The lowest BCUT2D eigenvalue weighted by atomic mass is 9.85. The van der Waals surface area contributed by atoms with Crippen molar-refractivity contribution in [2.75, 3.05) is 0 Å². The summed E-state index contributed by atoms with van der Waals surface area (Å²) in [6, 6.07) is 16.1. The fourth-order valence-electron chi connectivity index (χ4n) is 2.68. The van der Waals surface area contributed by atoms with Crippen LogP contribution in [0.1, 0.15) is 42.4 Å². The molecule has 1 atom stereocenters. The molecule has 0 bridgehead atoms. The maximum absolute atomic E-state index is 9.05. The Hall–Kier alpha value is -2.34. The second-order valence-corrected chi connectivity index (χ2v) is 5.45. The van der Waals surface area contributed by atoms with Crippen LogP contribution < -0.4 is 5.46 Å². The highest BCUT2D eigenvalue weighted by Gasteiger charge is 2.16. The molecule has 2 nitrogen and oxygen atoms in total. The molecule has 108 valence electrons. The number of hydrogen-bond acceptors (Lipinski definition) is 2. The fourth-order valence-corrected chi connectivity index (χ4v) is 2.68. The number of aryl methyl sites for hydroxylation is 1. The van der Waals surface area contributed by atoms with Crippen molar-refractivity contribution in [1.29, 1.82) is 5.26 Å². The average molecular weight is 286 g/mol. The van der Waals surface area contributed by atoms with Gasteiger partial charge in [0.1, 0.15) is 7.85 Å². The molecule has 0 saturated carbocycles. The van der Waals surface area contributed by atoms with Gasteiger partial charge in [0.05, 0.1) is 5.71 Å². The van der Waals surface area contributed by atoms with Gasteiger partial charge in [-0.05, 0) is 42.4 Å². The van der Waals surface area contributed by atoms with Crippen LogP contribution in [0.4, 0.5) is 0 Å². The van der Waals surface area contributed by atoms with E-state index in [0.29, 0.717) is 11.4 Å². The Kier molecular flexibility index (Phi) is 5.55. The zero-order chi connectivity index (χ0) is 15.9. The van der Waals surface area contributed by atoms with Crippen LogP contribution in [0.25, 0.3) is 0 Å². The number of hydrogen-bond donors (Lipinski definition) is 0. The van der Waals surface area contributed by atoms with E-state index in [-0.39, 0.29) is 0 Å². The first-order valence-electron chi connectivity index (χ1n) is 7.52. The normalized spacial score (nSPS) is 12.7.